The van der Waals surface area contributed by atoms with Crippen LogP contribution in [0, 0.1) is 28.1 Å². The largest absolute Gasteiger partial charge is 0.481 e. The molecular weight excluding hydrogens is 448 g/mol. The van der Waals surface area contributed by atoms with Crippen LogP contribution >= 0.6 is 0 Å². The van der Waals surface area contributed by atoms with E-state index in [1.165, 1.54) is 5.56 Å². The number of esters is 1. The summed E-state index contributed by atoms with van der Waals surface area (Å²) in [5, 5.41) is 9.59. The molecule has 0 aliphatic heterocycles. The smallest absolute Gasteiger partial charge is 0.309 e. The normalized spacial score (nSPS) is 15.1. The monoisotopic (exact) mass is 494 g/mol. The lowest BCUT2D eigenvalue weighted by molar-refractivity contribution is -0.159. The lowest BCUT2D eigenvalue weighted by atomic mass is 9.54. The van der Waals surface area contributed by atoms with Gasteiger partial charge in [0.2, 0.25) is 0 Å². The molecule has 2 aromatic rings. The Hall–Kier alpha value is -2.62. The molecule has 0 spiro atoms. The second kappa shape index (κ2) is 12.1. The highest BCUT2D eigenvalue weighted by atomic mass is 16.5. The molecule has 0 aromatic heterocycles. The molecule has 0 heterocycles. The Kier molecular flexibility index (Phi) is 9.93. The number of carboxylic acid groups (broad SMARTS) is 1. The van der Waals surface area contributed by atoms with Crippen LogP contribution in [0.2, 0.25) is 0 Å². The highest BCUT2D eigenvalue weighted by Gasteiger charge is 2.48. The van der Waals surface area contributed by atoms with Crippen LogP contribution in [0.4, 0.5) is 0 Å². The maximum absolute atomic E-state index is 13.7. The summed E-state index contributed by atoms with van der Waals surface area (Å²) in [6, 6.07) is 20.3. The number of carbonyl (C=O) groups excluding carboxylic acids is 1. The van der Waals surface area contributed by atoms with Crippen molar-refractivity contribution >= 4 is 11.9 Å². The minimum Gasteiger partial charge on any atom is -0.481 e. The van der Waals surface area contributed by atoms with E-state index < -0.39 is 23.2 Å². The maximum atomic E-state index is 13.7. The van der Waals surface area contributed by atoms with Gasteiger partial charge < -0.3 is 9.84 Å². The molecule has 198 valence electrons. The molecule has 3 unspecified atom stereocenters. The number of hydrogen-bond donors (Lipinski definition) is 1. The fraction of sp³-hybridized carbons (Fsp3) is 0.562. The Labute approximate surface area is 218 Å². The van der Waals surface area contributed by atoms with Gasteiger partial charge in [0, 0.05) is 0 Å². The summed E-state index contributed by atoms with van der Waals surface area (Å²) < 4.78 is 5.86. The van der Waals surface area contributed by atoms with Crippen molar-refractivity contribution in [3.8, 4) is 0 Å². The number of benzene rings is 2. The van der Waals surface area contributed by atoms with Crippen LogP contribution in [0.5, 0.6) is 0 Å². The molecule has 36 heavy (non-hydrogen) atoms. The van der Waals surface area contributed by atoms with Gasteiger partial charge in [-0.25, -0.2) is 0 Å². The van der Waals surface area contributed by atoms with Crippen molar-refractivity contribution in [3.05, 3.63) is 71.8 Å². The SMILES string of the molecule is CCC(c1ccccc1)C(C)(C)C(C)(C)CC(C(=O)OCc1ccccc1)C(C)(C)CC(C)C(=O)O. The predicted octanol–water partition coefficient (Wildman–Crippen LogP) is 8.12. The fourth-order valence-corrected chi connectivity index (χ4v) is 5.62. The lowest BCUT2D eigenvalue weighted by Crippen LogP contribution is -2.44. The Morgan fingerprint density at radius 2 is 1.39 bits per heavy atom. The van der Waals surface area contributed by atoms with Crippen LogP contribution in [-0.2, 0) is 20.9 Å². The first kappa shape index (κ1) is 29.6. The second-order valence-corrected chi connectivity index (χ2v) is 12.3. The number of rotatable bonds is 13. The number of ether oxygens (including phenoxy) is 1. The lowest BCUT2D eigenvalue weighted by Gasteiger charge is -2.50. The fourth-order valence-electron chi connectivity index (χ4n) is 5.62. The van der Waals surface area contributed by atoms with Gasteiger partial charge >= 0.3 is 11.9 Å². The van der Waals surface area contributed by atoms with E-state index in [-0.39, 0.29) is 23.4 Å². The van der Waals surface area contributed by atoms with E-state index >= 15 is 0 Å². The second-order valence-electron chi connectivity index (χ2n) is 12.3. The first-order valence-corrected chi connectivity index (χ1v) is 13.2. The first-order chi connectivity index (χ1) is 16.7. The number of carbonyl (C=O) groups is 2. The van der Waals surface area contributed by atoms with E-state index in [1.54, 1.807) is 6.92 Å². The van der Waals surface area contributed by atoms with E-state index in [9.17, 15) is 14.7 Å². The average Bonchev–Trinajstić information content (AvgIpc) is 2.82. The van der Waals surface area contributed by atoms with Crippen molar-refractivity contribution in [2.24, 2.45) is 28.1 Å². The molecule has 0 fully saturated rings. The number of hydrogen-bond acceptors (Lipinski definition) is 3. The van der Waals surface area contributed by atoms with Gasteiger partial charge in [0.15, 0.2) is 0 Å². The zero-order valence-corrected chi connectivity index (χ0v) is 23.5. The Bertz CT molecular complexity index is 976. The molecule has 4 heteroatoms. The molecule has 2 aromatic carbocycles. The standard InChI is InChI=1S/C32H46O4/c1-9-26(25-18-14-11-15-19-25)32(7,8)31(5,6)21-27(30(3,4)20-23(2)28(33)34)29(35)36-22-24-16-12-10-13-17-24/h10-19,23,26-27H,9,20-22H2,1-8H3,(H,33,34). The summed E-state index contributed by atoms with van der Waals surface area (Å²) >= 11 is 0. The molecular formula is C32H46O4. The van der Waals surface area contributed by atoms with Gasteiger partial charge in [0.1, 0.15) is 6.61 Å². The summed E-state index contributed by atoms with van der Waals surface area (Å²) in [5.41, 5.74) is 1.34. The molecule has 0 saturated heterocycles. The predicted molar refractivity (Wildman–Crippen MR) is 147 cm³/mol. The van der Waals surface area contributed by atoms with Crippen molar-refractivity contribution in [1.82, 2.24) is 0 Å². The first-order valence-electron chi connectivity index (χ1n) is 13.2. The molecule has 0 bridgehead atoms. The van der Waals surface area contributed by atoms with Crippen LogP contribution in [0.15, 0.2) is 60.7 Å². The Morgan fingerprint density at radius 3 is 1.89 bits per heavy atom. The van der Waals surface area contributed by atoms with Gasteiger partial charge in [-0.2, -0.15) is 0 Å². The highest BCUT2D eigenvalue weighted by Crippen LogP contribution is 2.55. The molecule has 3 atom stereocenters. The highest BCUT2D eigenvalue weighted by molar-refractivity contribution is 5.74. The average molecular weight is 495 g/mol. The van der Waals surface area contributed by atoms with Gasteiger partial charge in [-0.1, -0.05) is 116 Å². The zero-order valence-electron chi connectivity index (χ0n) is 23.5. The van der Waals surface area contributed by atoms with Crippen molar-refractivity contribution < 1.29 is 19.4 Å². The molecule has 0 radical (unpaired) electrons. The van der Waals surface area contributed by atoms with Crippen LogP contribution in [-0.4, -0.2) is 17.0 Å². The summed E-state index contributed by atoms with van der Waals surface area (Å²) in [6.07, 6.45) is 2.00. The summed E-state index contributed by atoms with van der Waals surface area (Å²) in [6.45, 7) is 17.3. The summed E-state index contributed by atoms with van der Waals surface area (Å²) in [7, 11) is 0. The molecule has 4 nitrogen and oxygen atoms in total. The van der Waals surface area contributed by atoms with Crippen LogP contribution < -0.4 is 0 Å². The van der Waals surface area contributed by atoms with Gasteiger partial charge in [0.05, 0.1) is 11.8 Å². The maximum Gasteiger partial charge on any atom is 0.309 e. The minimum absolute atomic E-state index is 0.129. The molecule has 0 saturated carbocycles. The van der Waals surface area contributed by atoms with E-state index in [1.807, 2.05) is 50.2 Å². The van der Waals surface area contributed by atoms with E-state index in [0.29, 0.717) is 18.8 Å². The van der Waals surface area contributed by atoms with Gasteiger partial charge in [-0.05, 0) is 52.6 Å². The van der Waals surface area contributed by atoms with Crippen molar-refractivity contribution in [1.29, 1.82) is 0 Å². The molecule has 0 amide bonds. The number of carboxylic acids is 1. The summed E-state index contributed by atoms with van der Waals surface area (Å²) in [4.78, 5) is 25.4. The van der Waals surface area contributed by atoms with E-state index in [2.05, 4.69) is 58.9 Å². The van der Waals surface area contributed by atoms with Gasteiger partial charge in [0.25, 0.3) is 0 Å². The Morgan fingerprint density at radius 1 is 0.861 bits per heavy atom. The topological polar surface area (TPSA) is 63.6 Å². The van der Waals surface area contributed by atoms with Crippen LogP contribution in [0.3, 0.4) is 0 Å². The molecule has 2 rings (SSSR count). The number of aliphatic carboxylic acids is 1. The van der Waals surface area contributed by atoms with Crippen LogP contribution in [0.1, 0.15) is 91.7 Å². The van der Waals surface area contributed by atoms with Crippen molar-refractivity contribution in [2.45, 2.75) is 87.2 Å². The van der Waals surface area contributed by atoms with Crippen molar-refractivity contribution in [2.75, 3.05) is 0 Å². The summed E-state index contributed by atoms with van der Waals surface area (Å²) in [5.74, 6) is -1.76. The van der Waals surface area contributed by atoms with Crippen molar-refractivity contribution in [3.63, 3.8) is 0 Å². The molecule has 1 N–H and O–H groups in total. The third kappa shape index (κ3) is 7.21. The van der Waals surface area contributed by atoms with E-state index in [4.69, 9.17) is 4.74 Å². The van der Waals surface area contributed by atoms with E-state index in [0.717, 1.165) is 12.0 Å². The zero-order chi connectivity index (χ0) is 27.1. The van der Waals surface area contributed by atoms with Gasteiger partial charge in [-0.3, -0.25) is 9.59 Å². The Balaban J connectivity index is 2.38. The third-order valence-electron chi connectivity index (χ3n) is 8.65. The quantitative estimate of drug-likeness (QED) is 0.286. The van der Waals surface area contributed by atoms with Gasteiger partial charge in [-0.15, -0.1) is 0 Å². The molecule has 0 aliphatic rings. The molecule has 0 aliphatic carbocycles. The third-order valence-corrected chi connectivity index (χ3v) is 8.65. The minimum atomic E-state index is -0.839. The van der Waals surface area contributed by atoms with Crippen LogP contribution in [0.25, 0.3) is 0 Å².